The Balaban J connectivity index is 2.48. The maximum atomic E-state index is 13.2. The van der Waals surface area contributed by atoms with Crippen LogP contribution < -0.4 is 5.32 Å². The third kappa shape index (κ3) is 1.02. The fraction of sp³-hybridized carbons (Fsp3) is 0.333. The van der Waals surface area contributed by atoms with E-state index in [9.17, 15) is 4.39 Å². The van der Waals surface area contributed by atoms with Crippen LogP contribution in [0.15, 0.2) is 18.2 Å². The molecule has 1 heterocycles. The summed E-state index contributed by atoms with van der Waals surface area (Å²) in [7, 11) is 1.57. The average molecular weight is 167 g/mol. The zero-order chi connectivity index (χ0) is 8.55. The molecular formula is C9H10FNO. The first-order valence-corrected chi connectivity index (χ1v) is 3.86. The Hall–Kier alpha value is -0.930. The molecule has 64 valence electrons. The summed E-state index contributed by atoms with van der Waals surface area (Å²) in [5.41, 5.74) is 1.64. The summed E-state index contributed by atoms with van der Waals surface area (Å²) >= 11 is 0. The van der Waals surface area contributed by atoms with Crippen LogP contribution in [-0.2, 0) is 11.3 Å². The van der Waals surface area contributed by atoms with E-state index in [2.05, 4.69) is 5.32 Å². The molecule has 2 nitrogen and oxygen atoms in total. The second-order valence-electron chi connectivity index (χ2n) is 2.81. The van der Waals surface area contributed by atoms with Crippen molar-refractivity contribution in [2.45, 2.75) is 12.8 Å². The van der Waals surface area contributed by atoms with Crippen LogP contribution in [0.1, 0.15) is 17.4 Å². The molecule has 0 aromatic heterocycles. The summed E-state index contributed by atoms with van der Waals surface area (Å²) < 4.78 is 18.3. The van der Waals surface area contributed by atoms with E-state index in [1.54, 1.807) is 13.2 Å². The molecule has 3 heteroatoms. The van der Waals surface area contributed by atoms with Gasteiger partial charge in [-0.15, -0.1) is 0 Å². The van der Waals surface area contributed by atoms with Crippen molar-refractivity contribution in [3.63, 3.8) is 0 Å². The van der Waals surface area contributed by atoms with E-state index < -0.39 is 0 Å². The topological polar surface area (TPSA) is 21.3 Å². The third-order valence-corrected chi connectivity index (χ3v) is 2.12. The SMILES string of the molecule is COC1NCc2cccc(F)c21. The predicted octanol–water partition coefficient (Wildman–Crippen LogP) is 1.57. The van der Waals surface area contributed by atoms with Gasteiger partial charge in [-0.2, -0.15) is 0 Å². The van der Waals surface area contributed by atoms with Gasteiger partial charge in [-0.05, 0) is 11.6 Å². The van der Waals surface area contributed by atoms with E-state index in [-0.39, 0.29) is 12.0 Å². The summed E-state index contributed by atoms with van der Waals surface area (Å²) in [6, 6.07) is 5.08. The quantitative estimate of drug-likeness (QED) is 0.685. The Kier molecular flexibility index (Phi) is 1.83. The van der Waals surface area contributed by atoms with Crippen LogP contribution in [0.4, 0.5) is 4.39 Å². The van der Waals surface area contributed by atoms with E-state index in [1.807, 2.05) is 6.07 Å². The van der Waals surface area contributed by atoms with Crippen LogP contribution in [0.3, 0.4) is 0 Å². The van der Waals surface area contributed by atoms with Gasteiger partial charge >= 0.3 is 0 Å². The lowest BCUT2D eigenvalue weighted by atomic mass is 10.1. The van der Waals surface area contributed by atoms with E-state index in [1.165, 1.54) is 6.07 Å². The molecule has 1 unspecified atom stereocenters. The number of rotatable bonds is 1. The highest BCUT2D eigenvalue weighted by atomic mass is 19.1. The lowest BCUT2D eigenvalue weighted by molar-refractivity contribution is 0.0802. The smallest absolute Gasteiger partial charge is 0.137 e. The van der Waals surface area contributed by atoms with Crippen molar-refractivity contribution in [3.8, 4) is 0 Å². The second kappa shape index (κ2) is 2.84. The van der Waals surface area contributed by atoms with Crippen LogP contribution in [0, 0.1) is 5.82 Å². The van der Waals surface area contributed by atoms with Crippen molar-refractivity contribution >= 4 is 0 Å². The van der Waals surface area contributed by atoms with Crippen molar-refractivity contribution in [3.05, 3.63) is 35.1 Å². The molecule has 12 heavy (non-hydrogen) atoms. The van der Waals surface area contributed by atoms with Gasteiger partial charge in [0.05, 0.1) is 0 Å². The van der Waals surface area contributed by atoms with Gasteiger partial charge in [0.25, 0.3) is 0 Å². The zero-order valence-corrected chi connectivity index (χ0v) is 6.80. The number of ether oxygens (including phenoxy) is 1. The lowest BCUT2D eigenvalue weighted by Crippen LogP contribution is -2.14. The van der Waals surface area contributed by atoms with Gasteiger partial charge in [0.1, 0.15) is 12.0 Å². The fourth-order valence-electron chi connectivity index (χ4n) is 1.54. The minimum absolute atomic E-state index is 0.190. The number of nitrogens with one attached hydrogen (secondary N) is 1. The molecule has 0 amide bonds. The molecule has 2 rings (SSSR count). The first-order valence-electron chi connectivity index (χ1n) is 3.86. The minimum Gasteiger partial charge on any atom is -0.362 e. The summed E-state index contributed by atoms with van der Waals surface area (Å²) in [4.78, 5) is 0. The minimum atomic E-state index is -0.277. The highest BCUT2D eigenvalue weighted by Crippen LogP contribution is 2.27. The molecule has 0 spiro atoms. The molecule has 1 aromatic rings. The Labute approximate surface area is 70.3 Å². The Morgan fingerprint density at radius 2 is 2.42 bits per heavy atom. The Morgan fingerprint density at radius 3 is 3.17 bits per heavy atom. The first-order chi connectivity index (χ1) is 5.83. The summed E-state index contributed by atoms with van der Waals surface area (Å²) in [5, 5.41) is 3.05. The highest BCUT2D eigenvalue weighted by Gasteiger charge is 2.24. The highest BCUT2D eigenvalue weighted by molar-refractivity contribution is 5.33. The summed E-state index contributed by atoms with van der Waals surface area (Å²) in [6.07, 6.45) is -0.277. The van der Waals surface area contributed by atoms with Gasteiger partial charge in [-0.3, -0.25) is 5.32 Å². The van der Waals surface area contributed by atoms with Gasteiger partial charge in [0, 0.05) is 19.2 Å². The lowest BCUT2D eigenvalue weighted by Gasteiger charge is -2.09. The van der Waals surface area contributed by atoms with Gasteiger partial charge in [-0.25, -0.2) is 4.39 Å². The maximum absolute atomic E-state index is 13.2. The van der Waals surface area contributed by atoms with Gasteiger partial charge in [0.15, 0.2) is 0 Å². The van der Waals surface area contributed by atoms with E-state index in [0.717, 1.165) is 5.56 Å². The standard InChI is InChI=1S/C9H10FNO/c1-12-9-8-6(5-11-9)3-2-4-7(8)10/h2-4,9,11H,5H2,1H3. The normalized spacial score (nSPS) is 21.0. The predicted molar refractivity (Wildman–Crippen MR) is 43.0 cm³/mol. The molecule has 1 atom stereocenters. The zero-order valence-electron chi connectivity index (χ0n) is 6.80. The second-order valence-corrected chi connectivity index (χ2v) is 2.81. The van der Waals surface area contributed by atoms with Crippen LogP contribution in [-0.4, -0.2) is 7.11 Å². The molecule has 0 aliphatic carbocycles. The molecule has 0 saturated heterocycles. The van der Waals surface area contributed by atoms with Crippen molar-refractivity contribution in [2.24, 2.45) is 0 Å². The molecule has 0 radical (unpaired) electrons. The van der Waals surface area contributed by atoms with Crippen molar-refractivity contribution in [1.29, 1.82) is 0 Å². The number of benzene rings is 1. The van der Waals surface area contributed by atoms with Crippen molar-refractivity contribution < 1.29 is 9.13 Å². The molecule has 1 N–H and O–H groups in total. The molecule has 0 saturated carbocycles. The number of hydrogen-bond donors (Lipinski definition) is 1. The van der Waals surface area contributed by atoms with Gasteiger partial charge < -0.3 is 4.74 Å². The van der Waals surface area contributed by atoms with Crippen molar-refractivity contribution in [1.82, 2.24) is 5.32 Å². The Bertz CT molecular complexity index is 301. The summed E-state index contributed by atoms with van der Waals surface area (Å²) in [5.74, 6) is -0.190. The van der Waals surface area contributed by atoms with Crippen LogP contribution in [0.2, 0.25) is 0 Å². The average Bonchev–Trinajstić information content (AvgIpc) is 2.49. The monoisotopic (exact) mass is 167 g/mol. The van der Waals surface area contributed by atoms with Crippen LogP contribution >= 0.6 is 0 Å². The number of halogens is 1. The largest absolute Gasteiger partial charge is 0.362 e. The van der Waals surface area contributed by atoms with Crippen LogP contribution in [0.5, 0.6) is 0 Å². The van der Waals surface area contributed by atoms with E-state index in [4.69, 9.17) is 4.74 Å². The molecule has 1 aliphatic heterocycles. The Morgan fingerprint density at radius 1 is 1.58 bits per heavy atom. The van der Waals surface area contributed by atoms with E-state index >= 15 is 0 Å². The van der Waals surface area contributed by atoms with Gasteiger partial charge in [0.2, 0.25) is 0 Å². The maximum Gasteiger partial charge on any atom is 0.137 e. The van der Waals surface area contributed by atoms with E-state index in [0.29, 0.717) is 12.1 Å². The summed E-state index contributed by atoms with van der Waals surface area (Å²) in [6.45, 7) is 0.686. The van der Waals surface area contributed by atoms with Crippen LogP contribution in [0.25, 0.3) is 0 Å². The molecular weight excluding hydrogens is 157 g/mol. The van der Waals surface area contributed by atoms with Crippen molar-refractivity contribution in [2.75, 3.05) is 7.11 Å². The molecule has 1 aliphatic rings. The number of methoxy groups -OCH3 is 1. The molecule has 0 bridgehead atoms. The fourth-order valence-corrected chi connectivity index (χ4v) is 1.54. The third-order valence-electron chi connectivity index (χ3n) is 2.12. The molecule has 0 fully saturated rings. The number of fused-ring (bicyclic) bond motifs is 1. The number of hydrogen-bond acceptors (Lipinski definition) is 2. The molecule has 1 aromatic carbocycles. The first kappa shape index (κ1) is 7.71. The van der Waals surface area contributed by atoms with Gasteiger partial charge in [-0.1, -0.05) is 12.1 Å².